The van der Waals surface area contributed by atoms with Crippen molar-refractivity contribution in [1.29, 1.82) is 0 Å². The first-order chi connectivity index (χ1) is 14.9. The SMILES string of the molecule is C(=NC1CCCCC1)=NC1CCCCC1.C(=NC1CCCCC1)=NC1CCCCC1.[Mn+2]. The maximum Gasteiger partial charge on any atom is 2.00 e. The van der Waals surface area contributed by atoms with Gasteiger partial charge in [-0.05, 0) is 51.4 Å². The van der Waals surface area contributed by atoms with E-state index in [1.807, 2.05) is 0 Å². The maximum atomic E-state index is 4.46. The predicted molar refractivity (Wildman–Crippen MR) is 127 cm³/mol. The number of rotatable bonds is 4. The van der Waals surface area contributed by atoms with E-state index in [4.69, 9.17) is 0 Å². The molecule has 0 aromatic heterocycles. The molecule has 0 atom stereocenters. The summed E-state index contributed by atoms with van der Waals surface area (Å²) in [6.07, 6.45) is 26.4. The van der Waals surface area contributed by atoms with E-state index in [2.05, 4.69) is 32.0 Å². The van der Waals surface area contributed by atoms with Crippen LogP contribution in [0.4, 0.5) is 0 Å². The van der Waals surface area contributed by atoms with Crippen molar-refractivity contribution in [2.75, 3.05) is 0 Å². The van der Waals surface area contributed by atoms with Crippen LogP contribution in [0.15, 0.2) is 20.0 Å². The molecule has 0 aromatic rings. The fourth-order valence-electron chi connectivity index (χ4n) is 5.23. The van der Waals surface area contributed by atoms with Crippen LogP contribution in [0.25, 0.3) is 0 Å². The summed E-state index contributed by atoms with van der Waals surface area (Å²) in [5.41, 5.74) is 0. The Labute approximate surface area is 201 Å². The van der Waals surface area contributed by atoms with Gasteiger partial charge in [-0.15, -0.1) is 0 Å². The van der Waals surface area contributed by atoms with Crippen LogP contribution in [0.1, 0.15) is 128 Å². The zero-order chi connectivity index (χ0) is 20.7. The minimum absolute atomic E-state index is 0. The molecule has 4 rings (SSSR count). The Morgan fingerprint density at radius 3 is 0.710 bits per heavy atom. The van der Waals surface area contributed by atoms with Gasteiger partial charge in [0.2, 0.25) is 0 Å². The minimum Gasteiger partial charge on any atom is -0.222 e. The van der Waals surface area contributed by atoms with Crippen molar-refractivity contribution in [2.45, 2.75) is 153 Å². The van der Waals surface area contributed by atoms with Crippen LogP contribution in [0.2, 0.25) is 0 Å². The van der Waals surface area contributed by atoms with E-state index >= 15 is 0 Å². The Hall–Kier alpha value is -0.721. The molecule has 0 aliphatic heterocycles. The Bertz CT molecular complexity index is 472. The molecule has 0 N–H and O–H groups in total. The van der Waals surface area contributed by atoms with Gasteiger partial charge in [0.25, 0.3) is 0 Å². The Kier molecular flexibility index (Phi) is 14.4. The fraction of sp³-hybridized carbons (Fsp3) is 0.923. The zero-order valence-electron chi connectivity index (χ0n) is 19.6. The average Bonchev–Trinajstić information content (AvgIpc) is 2.82. The third-order valence-corrected chi connectivity index (χ3v) is 7.26. The molecule has 4 saturated carbocycles. The standard InChI is InChI=1S/2C13H22N2.Mn/c2*1-3-7-12(8-4-1)14-11-15-13-9-5-2-6-10-13;/h2*12-13H,1-10H2;/q;;+2. The summed E-state index contributed by atoms with van der Waals surface area (Å²) in [5, 5.41) is 0. The van der Waals surface area contributed by atoms with Gasteiger partial charge in [-0.25, -0.2) is 20.0 Å². The zero-order valence-corrected chi connectivity index (χ0v) is 20.8. The molecule has 4 fully saturated rings. The molecular formula is C26H44MnN4+2. The molecule has 0 unspecified atom stereocenters. The topological polar surface area (TPSA) is 49.4 Å². The number of aliphatic imine (C=N–C) groups is 4. The number of nitrogens with zero attached hydrogens (tertiary/aromatic N) is 4. The molecule has 0 heterocycles. The average molecular weight is 468 g/mol. The second-order valence-electron chi connectivity index (χ2n) is 9.88. The summed E-state index contributed by atoms with van der Waals surface area (Å²) >= 11 is 0. The van der Waals surface area contributed by atoms with Crippen LogP contribution >= 0.6 is 0 Å². The van der Waals surface area contributed by atoms with Gasteiger partial charge in [-0.3, -0.25) is 0 Å². The Balaban J connectivity index is 0.000000213. The van der Waals surface area contributed by atoms with Gasteiger partial charge in [0.1, 0.15) is 0 Å². The molecule has 0 bridgehead atoms. The molecule has 0 saturated heterocycles. The van der Waals surface area contributed by atoms with Gasteiger partial charge in [0.15, 0.2) is 0 Å². The minimum atomic E-state index is 0. The van der Waals surface area contributed by atoms with Crippen LogP contribution in [0.3, 0.4) is 0 Å². The molecule has 4 aliphatic carbocycles. The van der Waals surface area contributed by atoms with Crippen LogP contribution < -0.4 is 0 Å². The molecule has 4 nitrogen and oxygen atoms in total. The normalized spacial score (nSPS) is 23.7. The molecule has 1 radical (unpaired) electrons. The summed E-state index contributed by atoms with van der Waals surface area (Å²) in [5.74, 6) is 0. The van der Waals surface area contributed by atoms with E-state index in [0.29, 0.717) is 24.2 Å². The van der Waals surface area contributed by atoms with Crippen LogP contribution in [0, 0.1) is 0 Å². The van der Waals surface area contributed by atoms with Crippen molar-refractivity contribution >= 4 is 12.0 Å². The molecule has 0 amide bonds. The molecule has 31 heavy (non-hydrogen) atoms. The van der Waals surface area contributed by atoms with Crippen molar-refractivity contribution in [3.05, 3.63) is 0 Å². The summed E-state index contributed by atoms with van der Waals surface area (Å²) in [6, 6.07) is 8.08. The quantitative estimate of drug-likeness (QED) is 0.301. The Morgan fingerprint density at radius 2 is 0.516 bits per heavy atom. The van der Waals surface area contributed by atoms with E-state index in [9.17, 15) is 0 Å². The molecule has 5 heteroatoms. The van der Waals surface area contributed by atoms with E-state index in [1.165, 1.54) is 128 Å². The van der Waals surface area contributed by atoms with Gasteiger partial charge in [0.05, 0.1) is 36.2 Å². The van der Waals surface area contributed by atoms with E-state index in [0.717, 1.165) is 0 Å². The summed E-state index contributed by atoms with van der Waals surface area (Å²) in [4.78, 5) is 17.8. The molecule has 0 aromatic carbocycles. The molecule has 0 spiro atoms. The van der Waals surface area contributed by atoms with Gasteiger partial charge in [-0.1, -0.05) is 77.0 Å². The van der Waals surface area contributed by atoms with Crippen molar-refractivity contribution in [3.8, 4) is 0 Å². The van der Waals surface area contributed by atoms with Gasteiger partial charge < -0.3 is 0 Å². The van der Waals surface area contributed by atoms with E-state index in [1.54, 1.807) is 0 Å². The predicted octanol–water partition coefficient (Wildman–Crippen LogP) is 7.65. The van der Waals surface area contributed by atoms with Crippen molar-refractivity contribution < 1.29 is 17.1 Å². The number of hydrogen-bond acceptors (Lipinski definition) is 4. The van der Waals surface area contributed by atoms with Gasteiger partial charge in [0, 0.05) is 0 Å². The smallest absolute Gasteiger partial charge is 0.222 e. The Morgan fingerprint density at radius 1 is 0.323 bits per heavy atom. The fourth-order valence-corrected chi connectivity index (χ4v) is 5.23. The van der Waals surface area contributed by atoms with Crippen LogP contribution in [-0.2, 0) is 17.1 Å². The summed E-state index contributed by atoms with van der Waals surface area (Å²) in [7, 11) is 0. The largest absolute Gasteiger partial charge is 2.00 e. The van der Waals surface area contributed by atoms with Gasteiger partial charge in [-0.2, -0.15) is 0 Å². The maximum absolute atomic E-state index is 4.46. The van der Waals surface area contributed by atoms with Crippen molar-refractivity contribution in [2.24, 2.45) is 20.0 Å². The second-order valence-corrected chi connectivity index (χ2v) is 9.88. The first-order valence-corrected chi connectivity index (χ1v) is 13.2. The monoisotopic (exact) mass is 467 g/mol. The third kappa shape index (κ3) is 11.6. The molecule has 4 aliphatic rings. The first-order valence-electron chi connectivity index (χ1n) is 13.2. The molecular weight excluding hydrogens is 423 g/mol. The first kappa shape index (κ1) is 26.5. The second kappa shape index (κ2) is 16.8. The van der Waals surface area contributed by atoms with E-state index < -0.39 is 0 Å². The van der Waals surface area contributed by atoms with Crippen molar-refractivity contribution in [3.63, 3.8) is 0 Å². The third-order valence-electron chi connectivity index (χ3n) is 7.26. The summed E-state index contributed by atoms with van der Waals surface area (Å²) < 4.78 is 0. The van der Waals surface area contributed by atoms with E-state index in [-0.39, 0.29) is 17.1 Å². The summed E-state index contributed by atoms with van der Waals surface area (Å²) in [6.45, 7) is 0. The van der Waals surface area contributed by atoms with Crippen molar-refractivity contribution in [1.82, 2.24) is 0 Å². The van der Waals surface area contributed by atoms with Crippen LogP contribution in [-0.4, -0.2) is 36.2 Å². The van der Waals surface area contributed by atoms with Crippen LogP contribution in [0.5, 0.6) is 0 Å². The number of hydrogen-bond donors (Lipinski definition) is 0. The van der Waals surface area contributed by atoms with Gasteiger partial charge >= 0.3 is 17.1 Å². The molecule has 173 valence electrons.